The van der Waals surface area contributed by atoms with Crippen LogP contribution >= 0.6 is 23.4 Å². The van der Waals surface area contributed by atoms with Crippen molar-refractivity contribution in [1.29, 1.82) is 0 Å². The molecule has 0 heterocycles. The summed E-state index contributed by atoms with van der Waals surface area (Å²) < 4.78 is 0. The van der Waals surface area contributed by atoms with Gasteiger partial charge in [-0.05, 0) is 29.9 Å². The number of carbonyl (C=O) groups is 1. The summed E-state index contributed by atoms with van der Waals surface area (Å²) in [5.41, 5.74) is 6.84. The third kappa shape index (κ3) is 5.33. The van der Waals surface area contributed by atoms with Crippen LogP contribution in [0, 0.1) is 5.92 Å². The van der Waals surface area contributed by atoms with E-state index in [1.54, 1.807) is 30.0 Å². The summed E-state index contributed by atoms with van der Waals surface area (Å²) in [6.45, 7) is 4.25. The summed E-state index contributed by atoms with van der Waals surface area (Å²) in [5.74, 6) is 1.97. The fraction of sp³-hybridized carbons (Fsp3) is 0.417. The molecule has 17 heavy (non-hydrogen) atoms. The van der Waals surface area contributed by atoms with Gasteiger partial charge in [0.05, 0.1) is 17.1 Å². The van der Waals surface area contributed by atoms with Crippen LogP contribution in [0.1, 0.15) is 13.8 Å². The molecule has 0 unspecified atom stereocenters. The first kappa shape index (κ1) is 14.2. The van der Waals surface area contributed by atoms with Gasteiger partial charge in [-0.25, -0.2) is 0 Å². The minimum Gasteiger partial charge on any atom is -0.397 e. The number of halogens is 1. The molecule has 1 aromatic rings. The lowest BCUT2D eigenvalue weighted by Crippen LogP contribution is -2.15. The maximum Gasteiger partial charge on any atom is 0.234 e. The van der Waals surface area contributed by atoms with Crippen molar-refractivity contribution in [2.75, 3.05) is 22.6 Å². The third-order valence-corrected chi connectivity index (χ3v) is 3.58. The lowest BCUT2D eigenvalue weighted by molar-refractivity contribution is -0.113. The SMILES string of the molecule is CC(C)CSCC(=O)Nc1ccc(Cl)cc1N. The van der Waals surface area contributed by atoms with Crippen molar-refractivity contribution < 1.29 is 4.79 Å². The molecule has 0 aliphatic rings. The molecule has 1 aromatic carbocycles. The van der Waals surface area contributed by atoms with Gasteiger partial charge in [0.15, 0.2) is 0 Å². The fourth-order valence-corrected chi connectivity index (χ4v) is 2.25. The van der Waals surface area contributed by atoms with Crippen molar-refractivity contribution in [2.45, 2.75) is 13.8 Å². The Morgan fingerprint density at radius 1 is 1.53 bits per heavy atom. The smallest absolute Gasteiger partial charge is 0.234 e. The van der Waals surface area contributed by atoms with Gasteiger partial charge in [0, 0.05) is 5.02 Å². The van der Waals surface area contributed by atoms with Gasteiger partial charge in [-0.2, -0.15) is 11.8 Å². The molecule has 1 amide bonds. The zero-order chi connectivity index (χ0) is 12.8. The summed E-state index contributed by atoms with van der Waals surface area (Å²) in [6, 6.07) is 5.04. The Morgan fingerprint density at radius 3 is 2.82 bits per heavy atom. The number of nitrogens with one attached hydrogen (secondary N) is 1. The van der Waals surface area contributed by atoms with E-state index >= 15 is 0 Å². The Kier molecular flexibility index (Phi) is 5.65. The lowest BCUT2D eigenvalue weighted by atomic mass is 10.2. The number of anilines is 2. The molecule has 0 saturated heterocycles. The molecule has 94 valence electrons. The van der Waals surface area contributed by atoms with Crippen LogP contribution in [0.4, 0.5) is 11.4 Å². The third-order valence-electron chi connectivity index (χ3n) is 1.97. The number of benzene rings is 1. The van der Waals surface area contributed by atoms with Crippen LogP contribution < -0.4 is 11.1 Å². The second kappa shape index (κ2) is 6.77. The first-order valence-electron chi connectivity index (χ1n) is 5.41. The molecule has 0 fully saturated rings. The predicted molar refractivity (Wildman–Crippen MR) is 76.7 cm³/mol. The van der Waals surface area contributed by atoms with Gasteiger partial charge < -0.3 is 11.1 Å². The van der Waals surface area contributed by atoms with E-state index in [1.807, 2.05) is 0 Å². The molecular formula is C12H17ClN2OS. The summed E-state index contributed by atoms with van der Waals surface area (Å²) in [7, 11) is 0. The normalized spacial score (nSPS) is 10.6. The standard InChI is InChI=1S/C12H17ClN2OS/c1-8(2)6-17-7-12(16)15-11-4-3-9(13)5-10(11)14/h3-5,8H,6-7,14H2,1-2H3,(H,15,16). The van der Waals surface area contributed by atoms with Gasteiger partial charge in [0.25, 0.3) is 0 Å². The topological polar surface area (TPSA) is 55.1 Å². The molecule has 0 atom stereocenters. The van der Waals surface area contributed by atoms with Gasteiger partial charge in [-0.3, -0.25) is 4.79 Å². The molecule has 0 aromatic heterocycles. The van der Waals surface area contributed by atoms with E-state index in [9.17, 15) is 4.79 Å². The highest BCUT2D eigenvalue weighted by Gasteiger charge is 2.06. The van der Waals surface area contributed by atoms with Crippen molar-refractivity contribution in [1.82, 2.24) is 0 Å². The molecule has 0 bridgehead atoms. The molecular weight excluding hydrogens is 256 g/mol. The molecule has 0 aliphatic heterocycles. The molecule has 3 nitrogen and oxygen atoms in total. The molecule has 1 rings (SSSR count). The Bertz CT molecular complexity index is 396. The van der Waals surface area contributed by atoms with Gasteiger partial charge >= 0.3 is 0 Å². The summed E-state index contributed by atoms with van der Waals surface area (Å²) in [4.78, 5) is 11.6. The summed E-state index contributed by atoms with van der Waals surface area (Å²) in [5, 5.41) is 3.33. The van der Waals surface area contributed by atoms with E-state index in [0.717, 1.165) is 5.75 Å². The molecule has 0 radical (unpaired) electrons. The highest BCUT2D eigenvalue weighted by Crippen LogP contribution is 2.22. The molecule has 0 spiro atoms. The summed E-state index contributed by atoms with van der Waals surface area (Å²) in [6.07, 6.45) is 0. The minimum absolute atomic E-state index is 0.0373. The van der Waals surface area contributed by atoms with E-state index < -0.39 is 0 Å². The maximum atomic E-state index is 11.6. The monoisotopic (exact) mass is 272 g/mol. The van der Waals surface area contributed by atoms with Crippen molar-refractivity contribution >= 4 is 40.6 Å². The molecule has 5 heteroatoms. The van der Waals surface area contributed by atoms with Crippen LogP contribution in [0.5, 0.6) is 0 Å². The first-order chi connectivity index (χ1) is 7.99. The number of thioether (sulfide) groups is 1. The van der Waals surface area contributed by atoms with Crippen LogP contribution in [0.25, 0.3) is 0 Å². The van der Waals surface area contributed by atoms with Crippen LogP contribution in [0.2, 0.25) is 5.02 Å². The molecule has 0 saturated carbocycles. The van der Waals surface area contributed by atoms with E-state index in [0.29, 0.717) is 28.1 Å². The highest BCUT2D eigenvalue weighted by atomic mass is 35.5. The summed E-state index contributed by atoms with van der Waals surface area (Å²) >= 11 is 7.39. The minimum atomic E-state index is -0.0373. The Morgan fingerprint density at radius 2 is 2.24 bits per heavy atom. The highest BCUT2D eigenvalue weighted by molar-refractivity contribution is 7.99. The van der Waals surface area contributed by atoms with Crippen molar-refractivity contribution in [3.8, 4) is 0 Å². The second-order valence-electron chi connectivity index (χ2n) is 4.19. The van der Waals surface area contributed by atoms with Crippen molar-refractivity contribution in [2.24, 2.45) is 5.92 Å². The Hall–Kier alpha value is -0.870. The number of carbonyl (C=O) groups excluding carboxylic acids is 1. The molecule has 3 N–H and O–H groups in total. The fourth-order valence-electron chi connectivity index (χ4n) is 1.22. The predicted octanol–water partition coefficient (Wildman–Crippen LogP) is 3.25. The van der Waals surface area contributed by atoms with E-state index in [-0.39, 0.29) is 5.91 Å². The van der Waals surface area contributed by atoms with Crippen LogP contribution in [0.15, 0.2) is 18.2 Å². The number of rotatable bonds is 5. The van der Waals surface area contributed by atoms with Gasteiger partial charge in [0.1, 0.15) is 0 Å². The Labute approximate surface area is 111 Å². The number of hydrogen-bond acceptors (Lipinski definition) is 3. The average molecular weight is 273 g/mol. The largest absolute Gasteiger partial charge is 0.397 e. The molecule has 0 aliphatic carbocycles. The maximum absolute atomic E-state index is 11.6. The number of hydrogen-bond donors (Lipinski definition) is 2. The average Bonchev–Trinajstić information content (AvgIpc) is 2.21. The second-order valence-corrected chi connectivity index (χ2v) is 5.66. The van der Waals surface area contributed by atoms with Crippen LogP contribution in [0.3, 0.4) is 0 Å². The first-order valence-corrected chi connectivity index (χ1v) is 6.95. The number of nitrogens with two attached hydrogens (primary N) is 1. The number of amides is 1. The van der Waals surface area contributed by atoms with Crippen molar-refractivity contribution in [3.05, 3.63) is 23.2 Å². The quantitative estimate of drug-likeness (QED) is 0.809. The van der Waals surface area contributed by atoms with Crippen molar-refractivity contribution in [3.63, 3.8) is 0 Å². The number of nitrogen functional groups attached to an aromatic ring is 1. The van der Waals surface area contributed by atoms with E-state index in [2.05, 4.69) is 19.2 Å². The zero-order valence-electron chi connectivity index (χ0n) is 10.00. The Balaban J connectivity index is 2.45. The van der Waals surface area contributed by atoms with E-state index in [4.69, 9.17) is 17.3 Å². The van der Waals surface area contributed by atoms with Crippen LogP contribution in [-0.2, 0) is 4.79 Å². The van der Waals surface area contributed by atoms with Crippen LogP contribution in [-0.4, -0.2) is 17.4 Å². The van der Waals surface area contributed by atoms with Gasteiger partial charge in [-0.1, -0.05) is 25.4 Å². The van der Waals surface area contributed by atoms with Gasteiger partial charge in [0.2, 0.25) is 5.91 Å². The zero-order valence-corrected chi connectivity index (χ0v) is 11.6. The lowest BCUT2D eigenvalue weighted by Gasteiger charge is -2.09. The van der Waals surface area contributed by atoms with Gasteiger partial charge in [-0.15, -0.1) is 0 Å². The van der Waals surface area contributed by atoms with E-state index in [1.165, 1.54) is 0 Å².